The van der Waals surface area contributed by atoms with Crippen LogP contribution in [0.15, 0.2) is 22.8 Å². The Labute approximate surface area is 110 Å². The van der Waals surface area contributed by atoms with Crippen LogP contribution in [0.1, 0.15) is 19.8 Å². The van der Waals surface area contributed by atoms with Crippen LogP contribution in [0.5, 0.6) is 0 Å². The zero-order valence-electron chi connectivity index (χ0n) is 9.82. The van der Waals surface area contributed by atoms with Crippen LogP contribution in [0.25, 0.3) is 0 Å². The highest BCUT2D eigenvalue weighted by molar-refractivity contribution is 9.10. The van der Waals surface area contributed by atoms with Crippen molar-refractivity contribution in [3.8, 4) is 0 Å². The molecule has 4 nitrogen and oxygen atoms in total. The smallest absolute Gasteiger partial charge is 0.323 e. The van der Waals surface area contributed by atoms with Gasteiger partial charge in [0.1, 0.15) is 5.82 Å². The van der Waals surface area contributed by atoms with E-state index < -0.39 is 0 Å². The molecule has 1 N–H and O–H groups in total. The Balaban J connectivity index is 1.95. The molecule has 1 fully saturated rings. The van der Waals surface area contributed by atoms with Gasteiger partial charge in [0.2, 0.25) is 0 Å². The molecule has 0 bridgehead atoms. The van der Waals surface area contributed by atoms with E-state index in [0.717, 1.165) is 36.3 Å². The second-order valence-electron chi connectivity index (χ2n) is 4.43. The van der Waals surface area contributed by atoms with Crippen LogP contribution in [0, 0.1) is 5.92 Å². The zero-order chi connectivity index (χ0) is 12.3. The molecule has 2 heterocycles. The number of nitrogens with zero attached hydrogens (tertiary/aromatic N) is 2. The fraction of sp³-hybridized carbons (Fsp3) is 0.500. The van der Waals surface area contributed by atoms with Gasteiger partial charge < -0.3 is 4.90 Å². The van der Waals surface area contributed by atoms with Gasteiger partial charge in [-0.1, -0.05) is 6.92 Å². The Morgan fingerprint density at radius 3 is 2.88 bits per heavy atom. The van der Waals surface area contributed by atoms with Crippen molar-refractivity contribution in [3.63, 3.8) is 0 Å². The molecule has 1 saturated heterocycles. The van der Waals surface area contributed by atoms with Gasteiger partial charge in [-0.05, 0) is 46.8 Å². The summed E-state index contributed by atoms with van der Waals surface area (Å²) < 4.78 is 0.804. The maximum Gasteiger partial charge on any atom is 0.323 e. The lowest BCUT2D eigenvalue weighted by Crippen LogP contribution is -2.40. The largest absolute Gasteiger partial charge is 0.324 e. The van der Waals surface area contributed by atoms with Crippen LogP contribution in [0.2, 0.25) is 0 Å². The summed E-state index contributed by atoms with van der Waals surface area (Å²) >= 11 is 3.36. The second-order valence-corrected chi connectivity index (χ2v) is 5.29. The van der Waals surface area contributed by atoms with Crippen LogP contribution in [-0.2, 0) is 0 Å². The number of piperidine rings is 1. The van der Waals surface area contributed by atoms with Gasteiger partial charge in [-0.2, -0.15) is 0 Å². The lowest BCUT2D eigenvalue weighted by Gasteiger charge is -2.30. The monoisotopic (exact) mass is 297 g/mol. The zero-order valence-corrected chi connectivity index (χ0v) is 11.4. The van der Waals surface area contributed by atoms with Crippen LogP contribution in [0.4, 0.5) is 10.6 Å². The number of hydrogen-bond donors (Lipinski definition) is 1. The highest BCUT2D eigenvalue weighted by Gasteiger charge is 2.20. The predicted octanol–water partition coefficient (Wildman–Crippen LogP) is 3.11. The standard InChI is InChI=1S/C12H16BrN3O/c1-9-4-7-16(8-5-9)12(17)15-11-10(13)3-2-6-14-11/h2-3,6,9H,4-5,7-8H2,1H3,(H,14,15,17). The lowest BCUT2D eigenvalue weighted by atomic mass is 10.00. The molecule has 1 aromatic heterocycles. The Morgan fingerprint density at radius 1 is 1.53 bits per heavy atom. The minimum Gasteiger partial charge on any atom is -0.324 e. The number of halogens is 1. The molecule has 0 atom stereocenters. The van der Waals surface area contributed by atoms with Crippen molar-refractivity contribution in [2.75, 3.05) is 18.4 Å². The first-order valence-corrected chi connectivity index (χ1v) is 6.62. The van der Waals surface area contributed by atoms with E-state index >= 15 is 0 Å². The van der Waals surface area contributed by atoms with E-state index in [1.807, 2.05) is 17.0 Å². The van der Waals surface area contributed by atoms with Gasteiger partial charge in [0.05, 0.1) is 4.47 Å². The van der Waals surface area contributed by atoms with Gasteiger partial charge in [0.15, 0.2) is 0 Å². The van der Waals surface area contributed by atoms with Gasteiger partial charge in [-0.25, -0.2) is 9.78 Å². The van der Waals surface area contributed by atoms with Crippen molar-refractivity contribution >= 4 is 27.8 Å². The van der Waals surface area contributed by atoms with E-state index in [9.17, 15) is 4.79 Å². The maximum atomic E-state index is 12.0. The van der Waals surface area contributed by atoms with E-state index in [2.05, 4.69) is 33.2 Å². The molecule has 0 aliphatic carbocycles. The third-order valence-corrected chi connectivity index (χ3v) is 3.69. The number of amides is 2. The van der Waals surface area contributed by atoms with Crippen molar-refractivity contribution in [1.29, 1.82) is 0 Å². The topological polar surface area (TPSA) is 45.2 Å². The molecule has 0 aromatic carbocycles. The average Bonchev–Trinajstić information content (AvgIpc) is 2.33. The molecule has 17 heavy (non-hydrogen) atoms. The van der Waals surface area contributed by atoms with Crippen LogP contribution in [0.3, 0.4) is 0 Å². The molecule has 1 aromatic rings. The van der Waals surface area contributed by atoms with Gasteiger partial charge in [0.25, 0.3) is 0 Å². The van der Waals surface area contributed by atoms with Gasteiger partial charge in [0, 0.05) is 19.3 Å². The molecular weight excluding hydrogens is 282 g/mol. The second kappa shape index (κ2) is 5.49. The summed E-state index contributed by atoms with van der Waals surface area (Å²) in [6, 6.07) is 3.62. The number of carbonyl (C=O) groups is 1. The number of nitrogens with one attached hydrogen (secondary N) is 1. The Morgan fingerprint density at radius 2 is 2.24 bits per heavy atom. The molecule has 2 rings (SSSR count). The maximum absolute atomic E-state index is 12.0. The number of anilines is 1. The molecule has 5 heteroatoms. The summed E-state index contributed by atoms with van der Waals surface area (Å²) in [6.07, 6.45) is 3.83. The highest BCUT2D eigenvalue weighted by atomic mass is 79.9. The molecule has 0 saturated carbocycles. The number of carbonyl (C=O) groups excluding carboxylic acids is 1. The molecule has 0 unspecified atom stereocenters. The summed E-state index contributed by atoms with van der Waals surface area (Å²) in [5.41, 5.74) is 0. The summed E-state index contributed by atoms with van der Waals surface area (Å²) in [5.74, 6) is 1.30. The average molecular weight is 298 g/mol. The molecule has 92 valence electrons. The number of pyridine rings is 1. The SMILES string of the molecule is CC1CCN(C(=O)Nc2ncccc2Br)CC1. The van der Waals surface area contributed by atoms with E-state index in [0.29, 0.717) is 5.82 Å². The minimum absolute atomic E-state index is 0.0590. The molecule has 2 amide bonds. The normalized spacial score (nSPS) is 16.9. The number of likely N-dealkylation sites (tertiary alicyclic amines) is 1. The van der Waals surface area contributed by atoms with Crippen molar-refractivity contribution in [1.82, 2.24) is 9.88 Å². The first-order valence-electron chi connectivity index (χ1n) is 5.83. The molecule has 1 aliphatic rings. The fourth-order valence-corrected chi connectivity index (χ4v) is 2.22. The van der Waals surface area contributed by atoms with E-state index in [1.165, 1.54) is 0 Å². The summed E-state index contributed by atoms with van der Waals surface area (Å²) in [5, 5.41) is 2.82. The van der Waals surface area contributed by atoms with Gasteiger partial charge in [-0.15, -0.1) is 0 Å². The molecule has 0 radical (unpaired) electrons. The van der Waals surface area contributed by atoms with Crippen molar-refractivity contribution in [3.05, 3.63) is 22.8 Å². The molecule has 0 spiro atoms. The minimum atomic E-state index is -0.0590. The Bertz CT molecular complexity index is 402. The van der Waals surface area contributed by atoms with Gasteiger partial charge in [-0.3, -0.25) is 5.32 Å². The molecular formula is C12H16BrN3O. The summed E-state index contributed by atoms with van der Waals surface area (Å²) in [6.45, 7) is 3.89. The number of urea groups is 1. The van der Waals surface area contributed by atoms with Gasteiger partial charge >= 0.3 is 6.03 Å². The third-order valence-electron chi connectivity index (χ3n) is 3.05. The first kappa shape index (κ1) is 12.4. The van der Waals surface area contributed by atoms with Crippen LogP contribution in [-0.4, -0.2) is 29.0 Å². The fourth-order valence-electron chi connectivity index (χ4n) is 1.87. The first-order chi connectivity index (χ1) is 8.16. The third kappa shape index (κ3) is 3.19. The number of rotatable bonds is 1. The summed E-state index contributed by atoms with van der Waals surface area (Å²) in [7, 11) is 0. The lowest BCUT2D eigenvalue weighted by molar-refractivity contribution is 0.186. The van der Waals surface area contributed by atoms with Crippen LogP contribution >= 0.6 is 15.9 Å². The summed E-state index contributed by atoms with van der Waals surface area (Å²) in [4.78, 5) is 18.0. The number of hydrogen-bond acceptors (Lipinski definition) is 2. The predicted molar refractivity (Wildman–Crippen MR) is 70.9 cm³/mol. The van der Waals surface area contributed by atoms with Crippen molar-refractivity contribution in [2.24, 2.45) is 5.92 Å². The quantitative estimate of drug-likeness (QED) is 0.866. The Hall–Kier alpha value is -1.10. The van der Waals surface area contributed by atoms with E-state index in [-0.39, 0.29) is 6.03 Å². The van der Waals surface area contributed by atoms with E-state index in [1.54, 1.807) is 6.20 Å². The molecule has 1 aliphatic heterocycles. The highest BCUT2D eigenvalue weighted by Crippen LogP contribution is 2.20. The van der Waals surface area contributed by atoms with Crippen molar-refractivity contribution < 1.29 is 4.79 Å². The van der Waals surface area contributed by atoms with E-state index in [4.69, 9.17) is 0 Å². The van der Waals surface area contributed by atoms with Crippen molar-refractivity contribution in [2.45, 2.75) is 19.8 Å². The number of aromatic nitrogens is 1. The Kier molecular flexibility index (Phi) is 3.99. The van der Waals surface area contributed by atoms with Crippen LogP contribution < -0.4 is 5.32 Å².